The summed E-state index contributed by atoms with van der Waals surface area (Å²) in [5.41, 5.74) is 1.02. The third kappa shape index (κ3) is 2.98. The van der Waals surface area contributed by atoms with Crippen LogP contribution in [0.15, 0.2) is 24.3 Å². The van der Waals surface area contributed by atoms with Gasteiger partial charge in [-0.25, -0.2) is 0 Å². The Balaban J connectivity index is 1.90. The number of rotatable bonds is 4. The van der Waals surface area contributed by atoms with Crippen LogP contribution in [-0.4, -0.2) is 16.8 Å². The van der Waals surface area contributed by atoms with Crippen molar-refractivity contribution in [2.75, 3.05) is 5.33 Å². The molecule has 0 bridgehead atoms. The summed E-state index contributed by atoms with van der Waals surface area (Å²) in [7, 11) is 0. The van der Waals surface area contributed by atoms with Crippen molar-refractivity contribution in [3.63, 3.8) is 0 Å². The summed E-state index contributed by atoms with van der Waals surface area (Å²) < 4.78 is 0. The van der Waals surface area contributed by atoms with Gasteiger partial charge in [-0.3, -0.25) is 4.79 Å². The smallest absolute Gasteiger partial charge is 0.224 e. The lowest BCUT2D eigenvalue weighted by atomic mass is 10.1. The Morgan fingerprint density at radius 2 is 2.00 bits per heavy atom. The first-order chi connectivity index (χ1) is 7.63. The summed E-state index contributed by atoms with van der Waals surface area (Å²) in [5.74, 6) is 0.0827. The van der Waals surface area contributed by atoms with Crippen molar-refractivity contribution in [1.29, 1.82) is 0 Å². The van der Waals surface area contributed by atoms with Crippen LogP contribution >= 0.6 is 27.5 Å². The lowest BCUT2D eigenvalue weighted by Gasteiger charge is -2.14. The molecule has 0 atom stereocenters. The number of hydrogen-bond acceptors (Lipinski definition) is 1. The molecule has 16 heavy (non-hydrogen) atoms. The van der Waals surface area contributed by atoms with Crippen molar-refractivity contribution in [3.05, 3.63) is 34.9 Å². The molecule has 0 unspecified atom stereocenters. The van der Waals surface area contributed by atoms with E-state index in [1.165, 1.54) is 0 Å². The van der Waals surface area contributed by atoms with E-state index in [1.54, 1.807) is 0 Å². The Hall–Kier alpha value is -0.540. The minimum Gasteiger partial charge on any atom is -0.350 e. The fourth-order valence-electron chi connectivity index (χ4n) is 1.57. The average Bonchev–Trinajstić information content (AvgIpc) is 3.02. The monoisotopic (exact) mass is 301 g/mol. The van der Waals surface area contributed by atoms with Crippen molar-refractivity contribution in [2.45, 2.75) is 24.8 Å². The molecule has 2 nitrogen and oxygen atoms in total. The number of amides is 1. The Labute approximate surface area is 108 Å². The number of hydrogen-bond donors (Lipinski definition) is 1. The molecule has 86 valence electrons. The maximum atomic E-state index is 11.7. The van der Waals surface area contributed by atoms with Crippen molar-refractivity contribution >= 4 is 33.4 Å². The largest absolute Gasteiger partial charge is 0.350 e. The molecule has 1 aliphatic carbocycles. The predicted octanol–water partition coefficient (Wildman–Crippen LogP) is 2.93. The Bertz CT molecular complexity index is 387. The second-order valence-corrected chi connectivity index (χ2v) is 5.26. The minimum atomic E-state index is 0.0313. The maximum absolute atomic E-state index is 11.7. The summed E-state index contributed by atoms with van der Waals surface area (Å²) in [6.07, 6.45) is 2.57. The molecular formula is C12H13BrClNO. The number of alkyl halides is 1. The first-order valence-electron chi connectivity index (χ1n) is 5.25. The zero-order valence-corrected chi connectivity index (χ0v) is 11.1. The Kier molecular flexibility index (Phi) is 3.55. The van der Waals surface area contributed by atoms with Gasteiger partial charge in [0, 0.05) is 15.9 Å². The van der Waals surface area contributed by atoms with Gasteiger partial charge >= 0.3 is 0 Å². The Morgan fingerprint density at radius 3 is 2.50 bits per heavy atom. The standard InChI is InChI=1S/C12H13BrClNO/c13-8-12(5-6-12)15-11(16)7-9-1-3-10(14)4-2-9/h1-4H,5-8H2,(H,15,16). The summed E-state index contributed by atoms with van der Waals surface area (Å²) in [6, 6.07) is 7.38. The van der Waals surface area contributed by atoms with E-state index in [-0.39, 0.29) is 11.4 Å². The molecule has 4 heteroatoms. The van der Waals surface area contributed by atoms with Crippen molar-refractivity contribution in [1.82, 2.24) is 5.32 Å². The molecular weight excluding hydrogens is 289 g/mol. The fourth-order valence-corrected chi connectivity index (χ4v) is 2.40. The summed E-state index contributed by atoms with van der Waals surface area (Å²) >= 11 is 9.21. The van der Waals surface area contributed by atoms with E-state index in [4.69, 9.17) is 11.6 Å². The van der Waals surface area contributed by atoms with Gasteiger partial charge in [-0.1, -0.05) is 39.7 Å². The molecule has 1 aromatic carbocycles. The van der Waals surface area contributed by atoms with Gasteiger partial charge in [0.2, 0.25) is 5.91 Å². The quantitative estimate of drug-likeness (QED) is 0.851. The summed E-state index contributed by atoms with van der Waals surface area (Å²) in [4.78, 5) is 11.7. The first-order valence-corrected chi connectivity index (χ1v) is 6.75. The van der Waals surface area contributed by atoms with Crippen LogP contribution in [0.3, 0.4) is 0 Å². The van der Waals surface area contributed by atoms with Crippen LogP contribution in [0.1, 0.15) is 18.4 Å². The number of carbonyl (C=O) groups is 1. The van der Waals surface area contributed by atoms with Crippen molar-refractivity contribution in [3.8, 4) is 0 Å². The molecule has 0 radical (unpaired) electrons. The zero-order chi connectivity index (χ0) is 11.6. The number of benzene rings is 1. The van der Waals surface area contributed by atoms with Crippen LogP contribution in [0.4, 0.5) is 0 Å². The van der Waals surface area contributed by atoms with E-state index in [2.05, 4.69) is 21.2 Å². The van der Waals surface area contributed by atoms with E-state index in [0.717, 1.165) is 23.7 Å². The molecule has 2 rings (SSSR count). The van der Waals surface area contributed by atoms with E-state index in [0.29, 0.717) is 11.4 Å². The number of carbonyl (C=O) groups excluding carboxylic acids is 1. The highest BCUT2D eigenvalue weighted by Crippen LogP contribution is 2.36. The second kappa shape index (κ2) is 4.76. The van der Waals surface area contributed by atoms with Crippen LogP contribution in [0, 0.1) is 0 Å². The lowest BCUT2D eigenvalue weighted by molar-refractivity contribution is -0.121. The van der Waals surface area contributed by atoms with Crippen molar-refractivity contribution < 1.29 is 4.79 Å². The van der Waals surface area contributed by atoms with E-state index >= 15 is 0 Å². The molecule has 1 aromatic rings. The third-order valence-corrected chi connectivity index (χ3v) is 4.12. The predicted molar refractivity (Wildman–Crippen MR) is 69.1 cm³/mol. The van der Waals surface area contributed by atoms with Gasteiger partial charge in [0.15, 0.2) is 0 Å². The zero-order valence-electron chi connectivity index (χ0n) is 8.80. The molecule has 0 aliphatic heterocycles. The topological polar surface area (TPSA) is 29.1 Å². The van der Waals surface area contributed by atoms with Crippen LogP contribution in [0.2, 0.25) is 5.02 Å². The van der Waals surface area contributed by atoms with E-state index in [9.17, 15) is 4.79 Å². The number of halogens is 2. The maximum Gasteiger partial charge on any atom is 0.224 e. The third-order valence-electron chi connectivity index (χ3n) is 2.79. The first kappa shape index (κ1) is 11.9. The van der Waals surface area contributed by atoms with Gasteiger partial charge in [0.25, 0.3) is 0 Å². The van der Waals surface area contributed by atoms with E-state index < -0.39 is 0 Å². The average molecular weight is 303 g/mol. The second-order valence-electron chi connectivity index (χ2n) is 4.27. The molecule has 1 fully saturated rings. The van der Waals surface area contributed by atoms with Crippen LogP contribution < -0.4 is 5.32 Å². The van der Waals surface area contributed by atoms with Crippen LogP contribution in [-0.2, 0) is 11.2 Å². The van der Waals surface area contributed by atoms with Gasteiger partial charge < -0.3 is 5.32 Å². The summed E-state index contributed by atoms with van der Waals surface area (Å²) in [5, 5.41) is 4.60. The van der Waals surface area contributed by atoms with Crippen molar-refractivity contribution in [2.24, 2.45) is 0 Å². The molecule has 0 saturated heterocycles. The van der Waals surface area contributed by atoms with Gasteiger partial charge in [-0.2, -0.15) is 0 Å². The highest BCUT2D eigenvalue weighted by atomic mass is 79.9. The van der Waals surface area contributed by atoms with E-state index in [1.807, 2.05) is 24.3 Å². The molecule has 1 saturated carbocycles. The fraction of sp³-hybridized carbons (Fsp3) is 0.417. The van der Waals surface area contributed by atoms with Gasteiger partial charge in [0.1, 0.15) is 0 Å². The minimum absolute atomic E-state index is 0.0313. The molecule has 0 aromatic heterocycles. The molecule has 1 amide bonds. The van der Waals surface area contributed by atoms with Gasteiger partial charge in [0.05, 0.1) is 6.42 Å². The van der Waals surface area contributed by atoms with Gasteiger partial charge in [-0.15, -0.1) is 0 Å². The SMILES string of the molecule is O=C(Cc1ccc(Cl)cc1)NC1(CBr)CC1. The highest BCUT2D eigenvalue weighted by Gasteiger charge is 2.42. The molecule has 1 N–H and O–H groups in total. The molecule has 0 heterocycles. The normalized spacial score (nSPS) is 16.9. The highest BCUT2D eigenvalue weighted by molar-refractivity contribution is 9.09. The van der Waals surface area contributed by atoms with Gasteiger partial charge in [-0.05, 0) is 30.5 Å². The van der Waals surface area contributed by atoms with Crippen LogP contribution in [0.25, 0.3) is 0 Å². The molecule has 1 aliphatic rings. The van der Waals surface area contributed by atoms with Crippen LogP contribution in [0.5, 0.6) is 0 Å². The Morgan fingerprint density at radius 1 is 1.38 bits per heavy atom. The molecule has 0 spiro atoms. The lowest BCUT2D eigenvalue weighted by Crippen LogP contribution is -2.38. The summed E-state index contributed by atoms with van der Waals surface area (Å²) in [6.45, 7) is 0. The number of nitrogens with one attached hydrogen (secondary N) is 1.